The predicted molar refractivity (Wildman–Crippen MR) is 100 cm³/mol. The summed E-state index contributed by atoms with van der Waals surface area (Å²) in [6.07, 6.45) is -1.89. The number of piperidine rings is 3. The number of benzene rings is 1. The number of hydrogen-bond acceptors (Lipinski definition) is 4. The summed E-state index contributed by atoms with van der Waals surface area (Å²) in [7, 11) is 1.50. The number of halogens is 3. The summed E-state index contributed by atoms with van der Waals surface area (Å²) >= 11 is 0. The van der Waals surface area contributed by atoms with Gasteiger partial charge < -0.3 is 9.84 Å². The molecule has 150 valence electrons. The van der Waals surface area contributed by atoms with Gasteiger partial charge in [-0.15, -0.1) is 6.58 Å². The highest BCUT2D eigenvalue weighted by atomic mass is 19.4. The van der Waals surface area contributed by atoms with Crippen molar-refractivity contribution in [2.45, 2.75) is 31.2 Å². The number of aliphatic hydroxyl groups is 1. The van der Waals surface area contributed by atoms with Crippen molar-refractivity contribution in [1.82, 2.24) is 9.88 Å². The van der Waals surface area contributed by atoms with E-state index in [9.17, 15) is 18.3 Å². The molecule has 0 spiro atoms. The number of ether oxygens (including phenoxy) is 1. The predicted octanol–water partition coefficient (Wildman–Crippen LogP) is 4.19. The van der Waals surface area contributed by atoms with Crippen LogP contribution in [0.4, 0.5) is 13.2 Å². The third kappa shape index (κ3) is 3.26. The number of aliphatic hydroxyl groups excluding tert-OH is 1. The van der Waals surface area contributed by atoms with Gasteiger partial charge in [0.2, 0.25) is 0 Å². The van der Waals surface area contributed by atoms with Gasteiger partial charge in [-0.2, -0.15) is 13.2 Å². The number of hydrogen-bond donors (Lipinski definition) is 1. The molecule has 5 rings (SSSR count). The second-order valence-electron chi connectivity index (χ2n) is 7.67. The zero-order valence-corrected chi connectivity index (χ0v) is 15.6. The summed E-state index contributed by atoms with van der Waals surface area (Å²) in [5, 5.41) is 11.7. The zero-order valence-electron chi connectivity index (χ0n) is 15.6. The molecule has 4 heterocycles. The quantitative estimate of drug-likeness (QED) is 0.793. The molecular weight excluding hydrogens is 369 g/mol. The summed E-state index contributed by atoms with van der Waals surface area (Å²) in [4.78, 5) is 5.94. The van der Waals surface area contributed by atoms with Gasteiger partial charge >= 0.3 is 6.18 Å². The van der Waals surface area contributed by atoms with Crippen molar-refractivity contribution in [3.05, 3.63) is 48.2 Å². The second-order valence-corrected chi connectivity index (χ2v) is 7.67. The van der Waals surface area contributed by atoms with Crippen LogP contribution < -0.4 is 4.74 Å². The molecule has 0 radical (unpaired) electrons. The van der Waals surface area contributed by atoms with Crippen LogP contribution in [0.2, 0.25) is 0 Å². The molecule has 4 nitrogen and oxygen atoms in total. The van der Waals surface area contributed by atoms with Crippen molar-refractivity contribution < 1.29 is 23.0 Å². The van der Waals surface area contributed by atoms with E-state index in [2.05, 4.69) is 16.5 Å². The van der Waals surface area contributed by atoms with Crippen LogP contribution in [-0.2, 0) is 6.18 Å². The SMILES string of the molecule is C=CC1CN2CCC1CC2C(O)c1cc(C(F)(F)F)nc2ccc(OC)cc12. The lowest BCUT2D eigenvalue weighted by Gasteiger charge is -2.50. The molecule has 2 aromatic rings. The molecule has 1 N–H and O–H groups in total. The van der Waals surface area contributed by atoms with Crippen molar-refractivity contribution in [1.29, 1.82) is 0 Å². The third-order valence-electron chi connectivity index (χ3n) is 6.18. The van der Waals surface area contributed by atoms with Gasteiger partial charge in [-0.3, -0.25) is 4.90 Å². The molecule has 3 fully saturated rings. The Balaban J connectivity index is 1.79. The van der Waals surface area contributed by atoms with Gasteiger partial charge in [0.25, 0.3) is 0 Å². The number of rotatable bonds is 4. The normalized spacial score (nSPS) is 28.3. The monoisotopic (exact) mass is 392 g/mol. The lowest BCUT2D eigenvalue weighted by Crippen LogP contribution is -2.54. The van der Waals surface area contributed by atoms with Crippen molar-refractivity contribution >= 4 is 10.9 Å². The maximum atomic E-state index is 13.4. The Morgan fingerprint density at radius 1 is 1.36 bits per heavy atom. The van der Waals surface area contributed by atoms with Crippen LogP contribution >= 0.6 is 0 Å². The van der Waals surface area contributed by atoms with E-state index in [0.717, 1.165) is 32.0 Å². The van der Waals surface area contributed by atoms with Crippen molar-refractivity contribution in [3.8, 4) is 5.75 Å². The molecule has 0 aliphatic carbocycles. The molecule has 3 aliphatic rings. The van der Waals surface area contributed by atoms with Crippen LogP contribution in [0.1, 0.15) is 30.2 Å². The van der Waals surface area contributed by atoms with Crippen LogP contribution in [-0.4, -0.2) is 41.2 Å². The van der Waals surface area contributed by atoms with Crippen LogP contribution in [0.25, 0.3) is 10.9 Å². The first-order chi connectivity index (χ1) is 13.3. The van der Waals surface area contributed by atoms with Gasteiger partial charge in [-0.25, -0.2) is 4.98 Å². The second kappa shape index (κ2) is 7.04. The fourth-order valence-electron chi connectivity index (χ4n) is 4.66. The number of methoxy groups -OCH3 is 1. The van der Waals surface area contributed by atoms with E-state index in [1.54, 1.807) is 12.1 Å². The van der Waals surface area contributed by atoms with E-state index in [4.69, 9.17) is 4.74 Å². The van der Waals surface area contributed by atoms with E-state index in [1.165, 1.54) is 13.2 Å². The highest BCUT2D eigenvalue weighted by molar-refractivity contribution is 5.84. The Morgan fingerprint density at radius 3 is 2.75 bits per heavy atom. The smallest absolute Gasteiger partial charge is 0.433 e. The molecule has 0 saturated carbocycles. The molecule has 1 aromatic carbocycles. The Hall–Kier alpha value is -2.12. The maximum Gasteiger partial charge on any atom is 0.433 e. The van der Waals surface area contributed by atoms with Crippen LogP contribution in [0.5, 0.6) is 5.75 Å². The Morgan fingerprint density at radius 2 is 2.14 bits per heavy atom. The minimum Gasteiger partial charge on any atom is -0.497 e. The number of aromatic nitrogens is 1. The van der Waals surface area contributed by atoms with Gasteiger partial charge in [-0.05, 0) is 61.1 Å². The largest absolute Gasteiger partial charge is 0.497 e. The lowest BCUT2D eigenvalue weighted by molar-refractivity contribution is -0.141. The van der Waals surface area contributed by atoms with Crippen molar-refractivity contribution in [2.24, 2.45) is 11.8 Å². The first-order valence-corrected chi connectivity index (χ1v) is 9.42. The highest BCUT2D eigenvalue weighted by Crippen LogP contribution is 2.43. The molecule has 28 heavy (non-hydrogen) atoms. The lowest BCUT2D eigenvalue weighted by atomic mass is 9.73. The molecule has 5 unspecified atom stereocenters. The van der Waals surface area contributed by atoms with Crippen molar-refractivity contribution in [2.75, 3.05) is 20.2 Å². The minimum absolute atomic E-state index is 0.199. The fraction of sp³-hybridized carbons (Fsp3) is 0.476. The minimum atomic E-state index is -4.58. The number of nitrogens with zero attached hydrogens (tertiary/aromatic N) is 2. The average molecular weight is 392 g/mol. The molecule has 3 aliphatic heterocycles. The fourth-order valence-corrected chi connectivity index (χ4v) is 4.66. The first-order valence-electron chi connectivity index (χ1n) is 9.42. The first kappa shape index (κ1) is 19.2. The van der Waals surface area contributed by atoms with Gasteiger partial charge in [0, 0.05) is 18.0 Å². The molecule has 1 aromatic heterocycles. The van der Waals surface area contributed by atoms with Crippen LogP contribution in [0, 0.1) is 11.8 Å². The van der Waals surface area contributed by atoms with E-state index in [-0.39, 0.29) is 17.1 Å². The third-order valence-corrected chi connectivity index (χ3v) is 6.18. The van der Waals surface area contributed by atoms with Gasteiger partial charge in [0.1, 0.15) is 11.4 Å². The summed E-state index contributed by atoms with van der Waals surface area (Å²) in [6, 6.07) is 5.49. The maximum absolute atomic E-state index is 13.4. The Labute approximate surface area is 161 Å². The average Bonchev–Trinajstić information content (AvgIpc) is 2.71. The molecule has 2 bridgehead atoms. The van der Waals surface area contributed by atoms with Crippen LogP contribution in [0.15, 0.2) is 36.9 Å². The number of alkyl halides is 3. The summed E-state index contributed by atoms with van der Waals surface area (Å²) in [5.41, 5.74) is -0.535. The number of fused-ring (bicyclic) bond motifs is 4. The van der Waals surface area contributed by atoms with E-state index in [1.807, 2.05) is 6.08 Å². The van der Waals surface area contributed by atoms with Gasteiger partial charge in [0.05, 0.1) is 18.7 Å². The standard InChI is InChI=1S/C21H23F3N2O2/c1-3-12-11-26-7-6-13(12)8-18(26)20(27)16-10-19(21(22,23)24)25-17-5-4-14(28-2)9-15(16)17/h3-5,9-10,12-13,18,20,27H,1,6-8,11H2,2H3. The van der Waals surface area contributed by atoms with Crippen molar-refractivity contribution in [3.63, 3.8) is 0 Å². The molecule has 7 heteroatoms. The highest BCUT2D eigenvalue weighted by Gasteiger charge is 2.43. The van der Waals surface area contributed by atoms with Gasteiger partial charge in [0.15, 0.2) is 0 Å². The Kier molecular flexibility index (Phi) is 4.83. The molecule has 3 saturated heterocycles. The summed E-state index contributed by atoms with van der Waals surface area (Å²) in [5.74, 6) is 1.30. The molecule has 5 atom stereocenters. The van der Waals surface area contributed by atoms with E-state index >= 15 is 0 Å². The van der Waals surface area contributed by atoms with Gasteiger partial charge in [-0.1, -0.05) is 6.08 Å². The summed E-state index contributed by atoms with van der Waals surface area (Å²) in [6.45, 7) is 5.52. The van der Waals surface area contributed by atoms with E-state index < -0.39 is 18.0 Å². The van der Waals surface area contributed by atoms with E-state index in [0.29, 0.717) is 23.0 Å². The molecule has 0 amide bonds. The summed E-state index contributed by atoms with van der Waals surface area (Å²) < 4.78 is 45.4. The van der Waals surface area contributed by atoms with Crippen LogP contribution in [0.3, 0.4) is 0 Å². The Bertz CT molecular complexity index is 899. The number of pyridine rings is 1. The topological polar surface area (TPSA) is 45.6 Å². The molecular formula is C21H23F3N2O2. The zero-order chi connectivity index (χ0) is 20.1.